The van der Waals surface area contributed by atoms with Crippen molar-refractivity contribution in [2.24, 2.45) is 0 Å². The van der Waals surface area contributed by atoms with Gasteiger partial charge in [-0.15, -0.1) is 0 Å². The van der Waals surface area contributed by atoms with E-state index < -0.39 is 11.8 Å². The van der Waals surface area contributed by atoms with Gasteiger partial charge in [-0.1, -0.05) is 12.1 Å². The molecule has 2 rings (SSSR count). The van der Waals surface area contributed by atoms with E-state index in [-0.39, 0.29) is 5.91 Å². The number of hydrogen-bond donors (Lipinski definition) is 2. The predicted molar refractivity (Wildman–Crippen MR) is 96.0 cm³/mol. The van der Waals surface area contributed by atoms with E-state index in [1.807, 2.05) is 6.92 Å². The van der Waals surface area contributed by atoms with E-state index in [0.29, 0.717) is 31.7 Å². The number of hydrogen-bond acceptors (Lipinski definition) is 4. The SMILES string of the molecule is CCNC(=O)Cc1ccc(NC(=O)C(=O)N2CCCSCC2)cc1. The summed E-state index contributed by atoms with van der Waals surface area (Å²) in [6.45, 7) is 3.72. The van der Waals surface area contributed by atoms with Gasteiger partial charge in [0.2, 0.25) is 5.91 Å². The molecule has 24 heavy (non-hydrogen) atoms. The Morgan fingerprint density at radius 1 is 1.12 bits per heavy atom. The van der Waals surface area contributed by atoms with Gasteiger partial charge < -0.3 is 15.5 Å². The fourth-order valence-electron chi connectivity index (χ4n) is 2.43. The summed E-state index contributed by atoms with van der Waals surface area (Å²) in [6.07, 6.45) is 1.21. The molecule has 1 aliphatic rings. The lowest BCUT2D eigenvalue weighted by Gasteiger charge is -2.19. The van der Waals surface area contributed by atoms with Crippen molar-refractivity contribution in [1.29, 1.82) is 0 Å². The summed E-state index contributed by atoms with van der Waals surface area (Å²) in [5, 5.41) is 5.36. The lowest BCUT2D eigenvalue weighted by atomic mass is 10.1. The fourth-order valence-corrected chi connectivity index (χ4v) is 3.32. The Kier molecular flexibility index (Phi) is 7.11. The van der Waals surface area contributed by atoms with Gasteiger partial charge in [0.1, 0.15) is 0 Å². The van der Waals surface area contributed by atoms with E-state index >= 15 is 0 Å². The zero-order chi connectivity index (χ0) is 17.4. The van der Waals surface area contributed by atoms with Gasteiger partial charge in [0.05, 0.1) is 6.42 Å². The minimum atomic E-state index is -0.613. The Morgan fingerprint density at radius 3 is 2.58 bits per heavy atom. The minimum Gasteiger partial charge on any atom is -0.356 e. The second-order valence-corrected chi connectivity index (χ2v) is 6.76. The maximum Gasteiger partial charge on any atom is 0.313 e. The number of thioether (sulfide) groups is 1. The number of rotatable bonds is 4. The summed E-state index contributed by atoms with van der Waals surface area (Å²) in [5.41, 5.74) is 1.41. The third kappa shape index (κ3) is 5.56. The Bertz CT molecular complexity index is 581. The molecule has 1 aromatic rings. The number of anilines is 1. The quantitative estimate of drug-likeness (QED) is 0.803. The molecule has 1 fully saturated rings. The molecule has 7 heteroatoms. The Labute approximate surface area is 146 Å². The minimum absolute atomic E-state index is 0.0384. The molecular formula is C17H23N3O3S. The van der Waals surface area contributed by atoms with Crippen molar-refractivity contribution >= 4 is 35.2 Å². The van der Waals surface area contributed by atoms with E-state index in [9.17, 15) is 14.4 Å². The van der Waals surface area contributed by atoms with Crippen LogP contribution in [0, 0.1) is 0 Å². The maximum atomic E-state index is 12.2. The average Bonchev–Trinajstić information content (AvgIpc) is 2.85. The van der Waals surface area contributed by atoms with Crippen molar-refractivity contribution in [1.82, 2.24) is 10.2 Å². The third-order valence-corrected chi connectivity index (χ3v) is 4.70. The van der Waals surface area contributed by atoms with Gasteiger partial charge in [-0.05, 0) is 36.8 Å². The first-order valence-electron chi connectivity index (χ1n) is 8.13. The van der Waals surface area contributed by atoms with E-state index in [2.05, 4.69) is 10.6 Å². The molecule has 3 amide bonds. The van der Waals surface area contributed by atoms with Crippen LogP contribution in [0.3, 0.4) is 0 Å². The Hall–Kier alpha value is -2.02. The van der Waals surface area contributed by atoms with Crippen molar-refractivity contribution in [3.8, 4) is 0 Å². The molecule has 0 saturated carbocycles. The van der Waals surface area contributed by atoms with Crippen molar-refractivity contribution in [3.05, 3.63) is 29.8 Å². The van der Waals surface area contributed by atoms with Crippen LogP contribution in [0.4, 0.5) is 5.69 Å². The van der Waals surface area contributed by atoms with Crippen LogP contribution in [0.1, 0.15) is 18.9 Å². The second kappa shape index (κ2) is 9.32. The van der Waals surface area contributed by atoms with Gasteiger partial charge in [0.25, 0.3) is 0 Å². The molecule has 0 spiro atoms. The first-order chi connectivity index (χ1) is 11.6. The Balaban J connectivity index is 1.89. The van der Waals surface area contributed by atoms with E-state index in [0.717, 1.165) is 23.5 Å². The van der Waals surface area contributed by atoms with Gasteiger partial charge in [-0.2, -0.15) is 11.8 Å². The van der Waals surface area contributed by atoms with Crippen molar-refractivity contribution in [2.75, 3.05) is 36.5 Å². The van der Waals surface area contributed by atoms with E-state index in [1.54, 1.807) is 40.9 Å². The van der Waals surface area contributed by atoms with Crippen LogP contribution >= 0.6 is 11.8 Å². The lowest BCUT2D eigenvalue weighted by Crippen LogP contribution is -2.40. The topological polar surface area (TPSA) is 78.5 Å². The van der Waals surface area contributed by atoms with Crippen LogP contribution in [0.15, 0.2) is 24.3 Å². The molecule has 1 aromatic carbocycles. The van der Waals surface area contributed by atoms with Crippen LogP contribution < -0.4 is 10.6 Å². The second-order valence-electron chi connectivity index (χ2n) is 5.54. The van der Waals surface area contributed by atoms with Crippen LogP contribution in [-0.2, 0) is 20.8 Å². The summed E-state index contributed by atoms with van der Waals surface area (Å²) >= 11 is 1.80. The van der Waals surface area contributed by atoms with Gasteiger partial charge in [0.15, 0.2) is 0 Å². The molecule has 1 aliphatic heterocycles. The molecule has 1 heterocycles. The number of nitrogens with one attached hydrogen (secondary N) is 2. The molecule has 0 aromatic heterocycles. The number of carbonyl (C=O) groups is 3. The van der Waals surface area contributed by atoms with Crippen LogP contribution in [0.25, 0.3) is 0 Å². The molecule has 2 N–H and O–H groups in total. The normalized spacial score (nSPS) is 14.6. The van der Waals surface area contributed by atoms with Crippen molar-refractivity contribution < 1.29 is 14.4 Å². The zero-order valence-electron chi connectivity index (χ0n) is 13.8. The van der Waals surface area contributed by atoms with Crippen molar-refractivity contribution in [2.45, 2.75) is 19.8 Å². The highest BCUT2D eigenvalue weighted by Crippen LogP contribution is 2.13. The number of likely N-dealkylation sites (N-methyl/N-ethyl adjacent to an activating group) is 1. The zero-order valence-corrected chi connectivity index (χ0v) is 14.7. The number of amides is 3. The summed E-state index contributed by atoms with van der Waals surface area (Å²) in [5.74, 6) is 0.761. The molecule has 130 valence electrons. The molecule has 0 radical (unpaired) electrons. The molecule has 0 unspecified atom stereocenters. The van der Waals surface area contributed by atoms with Gasteiger partial charge in [0, 0.05) is 31.1 Å². The standard InChI is InChI=1S/C17H23N3O3S/c1-2-18-15(21)12-13-4-6-14(7-5-13)19-16(22)17(23)20-8-3-10-24-11-9-20/h4-7H,2-3,8-12H2,1H3,(H,18,21)(H,19,22). The molecule has 6 nitrogen and oxygen atoms in total. The van der Waals surface area contributed by atoms with Gasteiger partial charge in [-0.25, -0.2) is 0 Å². The van der Waals surface area contributed by atoms with Crippen molar-refractivity contribution in [3.63, 3.8) is 0 Å². The van der Waals surface area contributed by atoms with Gasteiger partial charge in [-0.3, -0.25) is 14.4 Å². The predicted octanol–water partition coefficient (Wildman–Crippen LogP) is 1.27. The number of nitrogens with zero attached hydrogens (tertiary/aromatic N) is 1. The number of benzene rings is 1. The molecule has 1 saturated heterocycles. The van der Waals surface area contributed by atoms with Gasteiger partial charge >= 0.3 is 11.8 Å². The molecule has 0 bridgehead atoms. The van der Waals surface area contributed by atoms with E-state index in [1.165, 1.54) is 0 Å². The largest absolute Gasteiger partial charge is 0.356 e. The molecular weight excluding hydrogens is 326 g/mol. The molecule has 0 atom stereocenters. The molecule has 0 aliphatic carbocycles. The number of carbonyl (C=O) groups excluding carboxylic acids is 3. The lowest BCUT2D eigenvalue weighted by molar-refractivity contribution is -0.142. The Morgan fingerprint density at radius 2 is 1.88 bits per heavy atom. The van der Waals surface area contributed by atoms with E-state index in [4.69, 9.17) is 0 Å². The summed E-state index contributed by atoms with van der Waals surface area (Å²) in [7, 11) is 0. The van der Waals surface area contributed by atoms with Crippen LogP contribution in [-0.4, -0.2) is 53.8 Å². The highest BCUT2D eigenvalue weighted by Gasteiger charge is 2.22. The van der Waals surface area contributed by atoms with Crippen LogP contribution in [0.5, 0.6) is 0 Å². The maximum absolute atomic E-state index is 12.2. The monoisotopic (exact) mass is 349 g/mol. The average molecular weight is 349 g/mol. The highest BCUT2D eigenvalue weighted by atomic mass is 32.2. The summed E-state index contributed by atoms with van der Waals surface area (Å²) in [6, 6.07) is 6.96. The summed E-state index contributed by atoms with van der Waals surface area (Å²) < 4.78 is 0. The first-order valence-corrected chi connectivity index (χ1v) is 9.29. The highest BCUT2D eigenvalue weighted by molar-refractivity contribution is 7.99. The first kappa shape index (κ1) is 18.3. The van der Waals surface area contributed by atoms with Crippen LogP contribution in [0.2, 0.25) is 0 Å². The third-order valence-electron chi connectivity index (χ3n) is 3.65. The summed E-state index contributed by atoms with van der Waals surface area (Å²) in [4.78, 5) is 37.4. The smallest absolute Gasteiger partial charge is 0.313 e. The fraction of sp³-hybridized carbons (Fsp3) is 0.471.